The third kappa shape index (κ3) is 3.93. The van der Waals surface area contributed by atoms with Crippen molar-refractivity contribution in [3.8, 4) is 0 Å². The van der Waals surface area contributed by atoms with Crippen molar-refractivity contribution in [3.63, 3.8) is 0 Å². The van der Waals surface area contributed by atoms with Crippen molar-refractivity contribution in [1.82, 2.24) is 0 Å². The summed E-state index contributed by atoms with van der Waals surface area (Å²) in [5.41, 5.74) is -0.916. The number of alkyl halides is 3. The second-order valence-corrected chi connectivity index (χ2v) is 5.21. The van der Waals surface area contributed by atoms with Crippen LogP contribution >= 0.6 is 15.9 Å². The minimum atomic E-state index is -4.45. The van der Waals surface area contributed by atoms with E-state index in [2.05, 4.69) is 21.2 Å². The van der Waals surface area contributed by atoms with Gasteiger partial charge in [0.15, 0.2) is 0 Å². The normalized spacial score (nSPS) is 11.5. The molecule has 0 aliphatic heterocycles. The molecule has 7 heteroatoms. The molecular weight excluding hydrogens is 357 g/mol. The number of anilines is 1. The molecule has 1 nitrogen and oxygen atoms in total. The molecule has 0 spiro atoms. The van der Waals surface area contributed by atoms with E-state index >= 15 is 0 Å². The van der Waals surface area contributed by atoms with Gasteiger partial charge in [-0.25, -0.2) is 8.78 Å². The molecule has 2 aromatic rings. The molecule has 0 bridgehead atoms. The van der Waals surface area contributed by atoms with Crippen LogP contribution in [0.1, 0.15) is 11.1 Å². The van der Waals surface area contributed by atoms with Crippen molar-refractivity contribution in [2.75, 3.05) is 5.32 Å². The summed E-state index contributed by atoms with van der Waals surface area (Å²) in [6.45, 7) is -0.126. The number of rotatable bonds is 3. The van der Waals surface area contributed by atoms with Crippen LogP contribution in [-0.4, -0.2) is 0 Å². The van der Waals surface area contributed by atoms with Crippen LogP contribution < -0.4 is 5.32 Å². The molecule has 0 unspecified atom stereocenters. The molecular formula is C14H9BrF5N. The average molecular weight is 366 g/mol. The lowest BCUT2D eigenvalue weighted by Crippen LogP contribution is -2.08. The van der Waals surface area contributed by atoms with Gasteiger partial charge in [-0.1, -0.05) is 28.1 Å². The predicted octanol–water partition coefficient (Wildman–Crippen LogP) is 5.36. The third-order valence-electron chi connectivity index (χ3n) is 2.73. The fourth-order valence-corrected chi connectivity index (χ4v) is 2.16. The second kappa shape index (κ2) is 6.01. The molecule has 2 aromatic carbocycles. The van der Waals surface area contributed by atoms with Gasteiger partial charge in [-0.15, -0.1) is 0 Å². The fourth-order valence-electron chi connectivity index (χ4n) is 1.76. The topological polar surface area (TPSA) is 12.0 Å². The summed E-state index contributed by atoms with van der Waals surface area (Å²) in [6.07, 6.45) is -4.45. The average Bonchev–Trinajstić information content (AvgIpc) is 2.36. The zero-order chi connectivity index (χ0) is 15.6. The van der Waals surface area contributed by atoms with Crippen molar-refractivity contribution < 1.29 is 22.0 Å². The number of hydrogen-bond donors (Lipinski definition) is 1. The van der Waals surface area contributed by atoms with E-state index in [0.29, 0.717) is 0 Å². The lowest BCUT2D eigenvalue weighted by atomic mass is 10.1. The van der Waals surface area contributed by atoms with E-state index in [1.54, 1.807) is 0 Å². The van der Waals surface area contributed by atoms with Gasteiger partial charge in [0, 0.05) is 11.0 Å². The highest BCUT2D eigenvalue weighted by Gasteiger charge is 2.30. The van der Waals surface area contributed by atoms with Crippen LogP contribution in [0, 0.1) is 11.6 Å². The molecule has 0 aliphatic rings. The van der Waals surface area contributed by atoms with Gasteiger partial charge in [0.25, 0.3) is 0 Å². The minimum Gasteiger partial charge on any atom is -0.376 e. The highest BCUT2D eigenvalue weighted by atomic mass is 79.9. The Bertz CT molecular complexity index is 631. The first-order valence-electron chi connectivity index (χ1n) is 5.82. The highest BCUT2D eigenvalue weighted by molar-refractivity contribution is 9.10. The Morgan fingerprint density at radius 2 is 1.62 bits per heavy atom. The number of hydrogen-bond acceptors (Lipinski definition) is 1. The van der Waals surface area contributed by atoms with Gasteiger partial charge in [0.1, 0.15) is 17.3 Å². The van der Waals surface area contributed by atoms with Gasteiger partial charge in [-0.2, -0.15) is 13.2 Å². The van der Waals surface area contributed by atoms with Crippen LogP contribution in [-0.2, 0) is 12.7 Å². The standard InChI is InChI=1S/C14H9BrF5N/c15-10-5-11(16)13(12(17)6-10)21-7-8-2-1-3-9(4-8)14(18,19)20/h1-6,21H,7H2. The van der Waals surface area contributed by atoms with Crippen LogP contribution in [0.3, 0.4) is 0 Å². The fraction of sp³-hybridized carbons (Fsp3) is 0.143. The number of nitrogens with one attached hydrogen (secondary N) is 1. The van der Waals surface area contributed by atoms with Gasteiger partial charge in [-0.3, -0.25) is 0 Å². The van der Waals surface area contributed by atoms with Crippen molar-refractivity contribution in [2.45, 2.75) is 12.7 Å². The van der Waals surface area contributed by atoms with Crippen LogP contribution in [0.5, 0.6) is 0 Å². The lowest BCUT2D eigenvalue weighted by molar-refractivity contribution is -0.137. The zero-order valence-electron chi connectivity index (χ0n) is 10.4. The number of halogens is 6. The van der Waals surface area contributed by atoms with Crippen LogP contribution in [0.4, 0.5) is 27.6 Å². The van der Waals surface area contributed by atoms with Crippen LogP contribution in [0.15, 0.2) is 40.9 Å². The molecule has 1 N–H and O–H groups in total. The summed E-state index contributed by atoms with van der Waals surface area (Å²) in [6, 6.07) is 6.69. The monoisotopic (exact) mass is 365 g/mol. The maximum Gasteiger partial charge on any atom is 0.416 e. The molecule has 21 heavy (non-hydrogen) atoms. The maximum absolute atomic E-state index is 13.6. The van der Waals surface area contributed by atoms with Gasteiger partial charge in [0.05, 0.1) is 5.56 Å². The Morgan fingerprint density at radius 1 is 1.00 bits per heavy atom. The Hall–Kier alpha value is -1.63. The van der Waals surface area contributed by atoms with Crippen molar-refractivity contribution in [3.05, 3.63) is 63.6 Å². The van der Waals surface area contributed by atoms with Crippen LogP contribution in [0.25, 0.3) is 0 Å². The summed E-state index contributed by atoms with van der Waals surface area (Å²) in [7, 11) is 0. The van der Waals surface area contributed by atoms with Crippen LogP contribution in [0.2, 0.25) is 0 Å². The van der Waals surface area contributed by atoms with E-state index in [1.165, 1.54) is 12.1 Å². The summed E-state index contributed by atoms with van der Waals surface area (Å²) in [5.74, 6) is -1.65. The van der Waals surface area contributed by atoms with E-state index in [9.17, 15) is 22.0 Å². The van der Waals surface area contributed by atoms with Crippen molar-refractivity contribution in [1.29, 1.82) is 0 Å². The molecule has 2 rings (SSSR count). The third-order valence-corrected chi connectivity index (χ3v) is 3.19. The van der Waals surface area contributed by atoms with Crippen molar-refractivity contribution in [2.24, 2.45) is 0 Å². The Morgan fingerprint density at radius 3 is 2.19 bits per heavy atom. The molecule has 0 saturated carbocycles. The molecule has 0 aromatic heterocycles. The molecule has 0 amide bonds. The molecule has 0 radical (unpaired) electrons. The van der Waals surface area contributed by atoms with Gasteiger partial charge >= 0.3 is 6.18 Å². The zero-order valence-corrected chi connectivity index (χ0v) is 12.0. The second-order valence-electron chi connectivity index (χ2n) is 4.30. The summed E-state index contributed by atoms with van der Waals surface area (Å²) >= 11 is 2.94. The summed E-state index contributed by atoms with van der Waals surface area (Å²) in [5, 5.41) is 2.47. The molecule has 0 saturated heterocycles. The lowest BCUT2D eigenvalue weighted by Gasteiger charge is -2.11. The minimum absolute atomic E-state index is 0.126. The van der Waals surface area contributed by atoms with Gasteiger partial charge in [0.2, 0.25) is 0 Å². The molecule has 0 fully saturated rings. The van der Waals surface area contributed by atoms with E-state index in [-0.39, 0.29) is 22.3 Å². The quantitative estimate of drug-likeness (QED) is 0.722. The number of benzene rings is 2. The largest absolute Gasteiger partial charge is 0.416 e. The summed E-state index contributed by atoms with van der Waals surface area (Å²) in [4.78, 5) is 0. The first-order valence-corrected chi connectivity index (χ1v) is 6.61. The Balaban J connectivity index is 2.18. The highest BCUT2D eigenvalue weighted by Crippen LogP contribution is 2.30. The van der Waals surface area contributed by atoms with Gasteiger partial charge < -0.3 is 5.32 Å². The maximum atomic E-state index is 13.6. The van der Waals surface area contributed by atoms with E-state index in [1.807, 2.05) is 0 Å². The van der Waals surface area contributed by atoms with E-state index in [4.69, 9.17) is 0 Å². The van der Waals surface area contributed by atoms with E-state index < -0.39 is 23.4 Å². The summed E-state index contributed by atoms with van der Waals surface area (Å²) < 4.78 is 65.1. The molecule has 0 heterocycles. The predicted molar refractivity (Wildman–Crippen MR) is 72.8 cm³/mol. The van der Waals surface area contributed by atoms with Crippen molar-refractivity contribution >= 4 is 21.6 Å². The first kappa shape index (κ1) is 15.8. The first-order chi connectivity index (χ1) is 9.77. The molecule has 112 valence electrons. The molecule has 0 aliphatic carbocycles. The Kier molecular flexibility index (Phi) is 4.51. The SMILES string of the molecule is Fc1cc(Br)cc(F)c1NCc1cccc(C(F)(F)F)c1. The smallest absolute Gasteiger partial charge is 0.376 e. The van der Waals surface area contributed by atoms with E-state index in [0.717, 1.165) is 24.3 Å². The Labute approximate surface area is 125 Å². The van der Waals surface area contributed by atoms with Gasteiger partial charge in [-0.05, 0) is 29.8 Å². The molecule has 0 atom stereocenters.